The Kier molecular flexibility index (Phi) is 3.88. The summed E-state index contributed by atoms with van der Waals surface area (Å²) in [6, 6.07) is 2.20. The number of rotatable bonds is 4. The maximum absolute atomic E-state index is 13.5. The highest BCUT2D eigenvalue weighted by atomic mass is 19.1. The molecule has 1 atom stereocenters. The van der Waals surface area contributed by atoms with Gasteiger partial charge in [0, 0.05) is 31.2 Å². The molecule has 1 aromatic heterocycles. The van der Waals surface area contributed by atoms with Crippen molar-refractivity contribution in [2.75, 3.05) is 18.0 Å². The zero-order valence-electron chi connectivity index (χ0n) is 13.0. The Balaban J connectivity index is 1.82. The minimum atomic E-state index is -0.271. The molecule has 0 spiro atoms. The molecule has 0 aromatic carbocycles. The lowest BCUT2D eigenvalue weighted by atomic mass is 10.0. The minimum absolute atomic E-state index is 0.143. The van der Waals surface area contributed by atoms with Crippen LogP contribution in [0.1, 0.15) is 39.2 Å². The van der Waals surface area contributed by atoms with Crippen molar-refractivity contribution in [1.82, 2.24) is 10.3 Å². The Labute approximate surface area is 125 Å². The van der Waals surface area contributed by atoms with Gasteiger partial charge in [-0.2, -0.15) is 0 Å². The van der Waals surface area contributed by atoms with Gasteiger partial charge in [-0.25, -0.2) is 9.37 Å². The largest absolute Gasteiger partial charge is 0.369 e. The van der Waals surface area contributed by atoms with Crippen LogP contribution in [0.5, 0.6) is 0 Å². The molecule has 1 saturated carbocycles. The smallest absolute Gasteiger partial charge is 0.141 e. The molecule has 2 aliphatic rings. The summed E-state index contributed by atoms with van der Waals surface area (Å²) >= 11 is 0. The molecule has 1 aromatic rings. The fourth-order valence-corrected chi connectivity index (χ4v) is 3.05. The Morgan fingerprint density at radius 1 is 1.48 bits per heavy atom. The first-order chi connectivity index (χ1) is 9.93. The van der Waals surface area contributed by atoms with Gasteiger partial charge in [-0.05, 0) is 39.7 Å². The monoisotopic (exact) mass is 293 g/mol. The number of nitrogens with zero attached hydrogens (tertiary/aromatic N) is 2. The lowest BCUT2D eigenvalue weighted by molar-refractivity contribution is -0.0752. The average molecular weight is 293 g/mol. The quantitative estimate of drug-likeness (QED) is 0.925. The van der Waals surface area contributed by atoms with Crippen LogP contribution in [0.25, 0.3) is 0 Å². The first-order valence-corrected chi connectivity index (χ1v) is 7.73. The molecule has 3 rings (SSSR count). The van der Waals surface area contributed by atoms with E-state index >= 15 is 0 Å². The third-order valence-electron chi connectivity index (χ3n) is 3.94. The summed E-state index contributed by atoms with van der Waals surface area (Å²) in [6.45, 7) is 8.48. The summed E-state index contributed by atoms with van der Waals surface area (Å²) in [5, 5.41) is 3.45. The van der Waals surface area contributed by atoms with E-state index < -0.39 is 0 Å². The highest BCUT2D eigenvalue weighted by molar-refractivity contribution is 5.48. The minimum Gasteiger partial charge on any atom is -0.369 e. The van der Waals surface area contributed by atoms with E-state index in [1.807, 2.05) is 0 Å². The summed E-state index contributed by atoms with van der Waals surface area (Å²) in [5.74, 6) is 0.611. The molecule has 0 radical (unpaired) electrons. The van der Waals surface area contributed by atoms with Crippen molar-refractivity contribution in [1.29, 1.82) is 0 Å². The Bertz CT molecular complexity index is 516. The van der Waals surface area contributed by atoms with Crippen molar-refractivity contribution in [2.45, 2.75) is 57.9 Å². The number of hydrogen-bond acceptors (Lipinski definition) is 4. The number of ether oxygens (including phenoxy) is 1. The zero-order chi connectivity index (χ0) is 15.0. The summed E-state index contributed by atoms with van der Waals surface area (Å²) in [6.07, 6.45) is 3.90. The number of morpholine rings is 1. The Hall–Kier alpha value is -1.20. The molecule has 21 heavy (non-hydrogen) atoms. The standard InChI is InChI=1S/C16H24FN3O/c1-11-9-20(10-16(2,3)21-11)15-12(6-13(17)8-19-15)7-18-14-4-5-14/h6,8,11,14,18H,4-5,7,9-10H2,1-3H3. The van der Waals surface area contributed by atoms with Crippen LogP contribution >= 0.6 is 0 Å². The van der Waals surface area contributed by atoms with Crippen LogP contribution in [-0.2, 0) is 11.3 Å². The van der Waals surface area contributed by atoms with E-state index in [2.05, 4.69) is 36.0 Å². The van der Waals surface area contributed by atoms with Crippen molar-refractivity contribution < 1.29 is 9.13 Å². The van der Waals surface area contributed by atoms with Crippen LogP contribution in [0.2, 0.25) is 0 Å². The number of hydrogen-bond donors (Lipinski definition) is 1. The number of pyridine rings is 1. The van der Waals surface area contributed by atoms with Gasteiger partial charge in [0.25, 0.3) is 0 Å². The lowest BCUT2D eigenvalue weighted by Crippen LogP contribution is -2.52. The summed E-state index contributed by atoms with van der Waals surface area (Å²) in [5.41, 5.74) is 0.723. The third kappa shape index (κ3) is 3.71. The molecular weight excluding hydrogens is 269 g/mol. The SMILES string of the molecule is CC1CN(c2ncc(F)cc2CNC2CC2)CC(C)(C)O1. The molecule has 0 bridgehead atoms. The van der Waals surface area contributed by atoms with Gasteiger partial charge in [-0.3, -0.25) is 0 Å². The van der Waals surface area contributed by atoms with Gasteiger partial charge in [0.15, 0.2) is 0 Å². The normalized spacial score (nSPS) is 25.1. The molecule has 4 nitrogen and oxygen atoms in total. The second kappa shape index (κ2) is 5.54. The molecule has 2 fully saturated rings. The van der Waals surface area contributed by atoms with Crippen molar-refractivity contribution in [3.63, 3.8) is 0 Å². The predicted molar refractivity (Wildman–Crippen MR) is 80.9 cm³/mol. The van der Waals surface area contributed by atoms with Crippen LogP contribution in [0.3, 0.4) is 0 Å². The molecule has 1 N–H and O–H groups in total. The van der Waals surface area contributed by atoms with Crippen LogP contribution in [-0.4, -0.2) is 35.8 Å². The molecule has 1 aliphatic carbocycles. The van der Waals surface area contributed by atoms with Crippen LogP contribution < -0.4 is 10.2 Å². The van der Waals surface area contributed by atoms with E-state index in [4.69, 9.17) is 4.74 Å². The van der Waals surface area contributed by atoms with Crippen LogP contribution in [0.15, 0.2) is 12.3 Å². The molecule has 1 unspecified atom stereocenters. The lowest BCUT2D eigenvalue weighted by Gasteiger charge is -2.42. The predicted octanol–water partition coefficient (Wildman–Crippen LogP) is 2.48. The van der Waals surface area contributed by atoms with Gasteiger partial charge in [-0.1, -0.05) is 0 Å². The Morgan fingerprint density at radius 2 is 2.24 bits per heavy atom. The number of halogens is 1. The van der Waals surface area contributed by atoms with Crippen molar-refractivity contribution in [2.24, 2.45) is 0 Å². The highest BCUT2D eigenvalue weighted by Gasteiger charge is 2.33. The van der Waals surface area contributed by atoms with Crippen molar-refractivity contribution >= 4 is 5.82 Å². The summed E-state index contributed by atoms with van der Waals surface area (Å²) < 4.78 is 19.5. The fourth-order valence-electron chi connectivity index (χ4n) is 3.05. The molecule has 0 amide bonds. The zero-order valence-corrected chi connectivity index (χ0v) is 13.0. The van der Waals surface area contributed by atoms with Gasteiger partial charge in [0.1, 0.15) is 11.6 Å². The molecule has 116 valence electrons. The van der Waals surface area contributed by atoms with Crippen molar-refractivity contribution in [3.8, 4) is 0 Å². The first-order valence-electron chi connectivity index (χ1n) is 7.73. The molecular formula is C16H24FN3O. The highest BCUT2D eigenvalue weighted by Crippen LogP contribution is 2.28. The van der Waals surface area contributed by atoms with Gasteiger partial charge in [0.2, 0.25) is 0 Å². The third-order valence-corrected chi connectivity index (χ3v) is 3.94. The number of nitrogens with one attached hydrogen (secondary N) is 1. The van der Waals surface area contributed by atoms with E-state index in [9.17, 15) is 4.39 Å². The number of anilines is 1. The second-order valence-electron chi connectivity index (χ2n) is 6.86. The van der Waals surface area contributed by atoms with Gasteiger partial charge < -0.3 is 15.0 Å². The van der Waals surface area contributed by atoms with Crippen molar-refractivity contribution in [3.05, 3.63) is 23.6 Å². The molecule has 1 aliphatic heterocycles. The summed E-state index contributed by atoms with van der Waals surface area (Å²) in [7, 11) is 0. The van der Waals surface area contributed by atoms with Crippen LogP contribution in [0.4, 0.5) is 10.2 Å². The first kappa shape index (κ1) is 14.7. The maximum Gasteiger partial charge on any atom is 0.141 e. The topological polar surface area (TPSA) is 37.4 Å². The van der Waals surface area contributed by atoms with E-state index in [-0.39, 0.29) is 17.5 Å². The molecule has 5 heteroatoms. The molecule has 2 heterocycles. The Morgan fingerprint density at radius 3 is 2.90 bits per heavy atom. The van der Waals surface area contributed by atoms with E-state index in [0.717, 1.165) is 24.5 Å². The van der Waals surface area contributed by atoms with Gasteiger partial charge in [0.05, 0.1) is 17.9 Å². The van der Waals surface area contributed by atoms with E-state index in [0.29, 0.717) is 12.6 Å². The molecule has 1 saturated heterocycles. The summed E-state index contributed by atoms with van der Waals surface area (Å²) in [4.78, 5) is 6.58. The maximum atomic E-state index is 13.5. The van der Waals surface area contributed by atoms with Crippen LogP contribution in [0, 0.1) is 5.82 Å². The van der Waals surface area contributed by atoms with E-state index in [1.165, 1.54) is 19.0 Å². The van der Waals surface area contributed by atoms with Gasteiger partial charge >= 0.3 is 0 Å². The second-order valence-corrected chi connectivity index (χ2v) is 6.86. The average Bonchev–Trinajstić information content (AvgIpc) is 3.17. The number of aromatic nitrogens is 1. The fraction of sp³-hybridized carbons (Fsp3) is 0.688. The van der Waals surface area contributed by atoms with E-state index in [1.54, 1.807) is 6.07 Å². The van der Waals surface area contributed by atoms with Gasteiger partial charge in [-0.15, -0.1) is 0 Å².